The fourth-order valence-electron chi connectivity index (χ4n) is 2.48. The van der Waals surface area contributed by atoms with Crippen LogP contribution in [0.25, 0.3) is 0 Å². The SMILES string of the molecule is COc1ccc(C2CN(C(=O)c3ccc(=O)[nH]n3)CCS2)cc1. The minimum absolute atomic E-state index is 0.153. The number of carbonyl (C=O) groups excluding carboxylic acids is 1. The lowest BCUT2D eigenvalue weighted by Gasteiger charge is -2.32. The fraction of sp³-hybridized carbons (Fsp3) is 0.312. The quantitative estimate of drug-likeness (QED) is 0.927. The van der Waals surface area contributed by atoms with E-state index in [1.165, 1.54) is 17.7 Å². The minimum Gasteiger partial charge on any atom is -0.497 e. The smallest absolute Gasteiger partial charge is 0.274 e. The topological polar surface area (TPSA) is 75.3 Å². The Bertz CT molecular complexity index is 724. The molecule has 1 aliphatic heterocycles. The van der Waals surface area contributed by atoms with E-state index < -0.39 is 0 Å². The van der Waals surface area contributed by atoms with Gasteiger partial charge in [0.05, 0.1) is 7.11 Å². The van der Waals surface area contributed by atoms with Gasteiger partial charge in [-0.3, -0.25) is 9.59 Å². The van der Waals surface area contributed by atoms with Gasteiger partial charge >= 0.3 is 0 Å². The number of thioether (sulfide) groups is 1. The summed E-state index contributed by atoms with van der Waals surface area (Å²) in [6.07, 6.45) is 0. The molecule has 2 aromatic rings. The van der Waals surface area contributed by atoms with Crippen LogP contribution < -0.4 is 10.3 Å². The number of ether oxygens (including phenoxy) is 1. The van der Waals surface area contributed by atoms with Gasteiger partial charge in [-0.05, 0) is 23.8 Å². The van der Waals surface area contributed by atoms with Gasteiger partial charge in [0.25, 0.3) is 11.5 Å². The van der Waals surface area contributed by atoms with Crippen molar-refractivity contribution < 1.29 is 9.53 Å². The van der Waals surface area contributed by atoms with Crippen molar-refractivity contribution in [1.29, 1.82) is 0 Å². The van der Waals surface area contributed by atoms with Gasteiger partial charge < -0.3 is 9.64 Å². The zero-order valence-corrected chi connectivity index (χ0v) is 13.5. The second-order valence-corrected chi connectivity index (χ2v) is 6.50. The van der Waals surface area contributed by atoms with E-state index in [1.807, 2.05) is 36.0 Å². The molecule has 23 heavy (non-hydrogen) atoms. The number of aromatic amines is 1. The number of H-pyrrole nitrogens is 1. The summed E-state index contributed by atoms with van der Waals surface area (Å²) >= 11 is 1.84. The Labute approximate surface area is 137 Å². The Balaban J connectivity index is 1.73. The lowest BCUT2D eigenvalue weighted by Crippen LogP contribution is -2.39. The molecular weight excluding hydrogens is 314 g/mol. The molecule has 0 aliphatic carbocycles. The number of hydrogen-bond donors (Lipinski definition) is 1. The van der Waals surface area contributed by atoms with E-state index in [2.05, 4.69) is 10.2 Å². The highest BCUT2D eigenvalue weighted by molar-refractivity contribution is 7.99. The molecule has 0 bridgehead atoms. The zero-order valence-electron chi connectivity index (χ0n) is 12.7. The van der Waals surface area contributed by atoms with Crippen molar-refractivity contribution in [2.45, 2.75) is 5.25 Å². The van der Waals surface area contributed by atoms with Crippen molar-refractivity contribution in [1.82, 2.24) is 15.1 Å². The van der Waals surface area contributed by atoms with Crippen molar-refractivity contribution in [3.05, 3.63) is 58.0 Å². The van der Waals surface area contributed by atoms with Crippen molar-refractivity contribution in [3.63, 3.8) is 0 Å². The molecule has 120 valence electrons. The van der Waals surface area contributed by atoms with Gasteiger partial charge in [-0.25, -0.2) is 5.10 Å². The Morgan fingerprint density at radius 3 is 2.74 bits per heavy atom. The standard InChI is InChI=1S/C16H17N3O3S/c1-22-12-4-2-11(3-5-12)14-10-19(8-9-23-14)16(21)13-6-7-15(20)18-17-13/h2-7,14H,8-10H2,1H3,(H,18,20). The van der Waals surface area contributed by atoms with E-state index in [9.17, 15) is 9.59 Å². The highest BCUT2D eigenvalue weighted by Gasteiger charge is 2.26. The van der Waals surface area contributed by atoms with Crippen LogP contribution in [0.2, 0.25) is 0 Å². The Kier molecular flexibility index (Phi) is 4.66. The van der Waals surface area contributed by atoms with Gasteiger partial charge in [0.1, 0.15) is 11.4 Å². The summed E-state index contributed by atoms with van der Waals surface area (Å²) < 4.78 is 5.17. The first kappa shape index (κ1) is 15.6. The third-order valence-electron chi connectivity index (χ3n) is 3.74. The van der Waals surface area contributed by atoms with E-state index in [1.54, 1.807) is 12.0 Å². The molecule has 1 aromatic heterocycles. The van der Waals surface area contributed by atoms with Crippen molar-refractivity contribution >= 4 is 17.7 Å². The minimum atomic E-state index is -0.313. The number of hydrogen-bond acceptors (Lipinski definition) is 5. The van der Waals surface area contributed by atoms with E-state index >= 15 is 0 Å². The normalized spacial score (nSPS) is 17.8. The van der Waals surface area contributed by atoms with Crippen molar-refractivity contribution in [2.24, 2.45) is 0 Å². The molecule has 1 saturated heterocycles. The first-order valence-electron chi connectivity index (χ1n) is 7.28. The summed E-state index contributed by atoms with van der Waals surface area (Å²) in [4.78, 5) is 25.3. The number of methoxy groups -OCH3 is 1. The van der Waals surface area contributed by atoms with E-state index in [0.717, 1.165) is 11.5 Å². The van der Waals surface area contributed by atoms with Crippen LogP contribution in [0.15, 0.2) is 41.2 Å². The number of amides is 1. The van der Waals surface area contributed by atoms with Crippen LogP contribution in [0.1, 0.15) is 21.3 Å². The third-order valence-corrected chi connectivity index (χ3v) is 4.98. The maximum Gasteiger partial charge on any atom is 0.274 e. The highest BCUT2D eigenvalue weighted by atomic mass is 32.2. The zero-order chi connectivity index (χ0) is 16.2. The molecule has 1 unspecified atom stereocenters. The lowest BCUT2D eigenvalue weighted by atomic mass is 10.1. The summed E-state index contributed by atoms with van der Waals surface area (Å²) in [5.41, 5.74) is 1.12. The predicted octanol–water partition coefficient (Wildman–Crippen LogP) is 1.71. The molecule has 0 saturated carbocycles. The van der Waals surface area contributed by atoms with E-state index in [4.69, 9.17) is 4.74 Å². The number of nitrogens with one attached hydrogen (secondary N) is 1. The number of aromatic nitrogens is 2. The molecule has 1 aliphatic rings. The molecule has 7 heteroatoms. The molecule has 1 N–H and O–H groups in total. The van der Waals surface area contributed by atoms with Gasteiger partial charge in [-0.15, -0.1) is 0 Å². The van der Waals surface area contributed by atoms with Crippen LogP contribution in [-0.4, -0.2) is 47.0 Å². The average Bonchev–Trinajstić information content (AvgIpc) is 2.62. The molecule has 2 heterocycles. The molecular formula is C16H17N3O3S. The summed E-state index contributed by atoms with van der Waals surface area (Å²) in [6.45, 7) is 1.30. The summed E-state index contributed by atoms with van der Waals surface area (Å²) in [5, 5.41) is 6.35. The molecule has 1 amide bonds. The Morgan fingerprint density at radius 2 is 2.09 bits per heavy atom. The molecule has 6 nitrogen and oxygen atoms in total. The molecule has 3 rings (SSSR count). The van der Waals surface area contributed by atoms with Crippen LogP contribution >= 0.6 is 11.8 Å². The first-order valence-corrected chi connectivity index (χ1v) is 8.33. The second-order valence-electron chi connectivity index (χ2n) is 5.19. The Morgan fingerprint density at radius 1 is 1.30 bits per heavy atom. The summed E-state index contributed by atoms with van der Waals surface area (Å²) in [5.74, 6) is 1.53. The maximum atomic E-state index is 12.5. The Hall–Kier alpha value is -2.28. The van der Waals surface area contributed by atoms with Crippen molar-refractivity contribution in [3.8, 4) is 5.75 Å². The van der Waals surface area contributed by atoms with Gasteiger partial charge in [0, 0.05) is 30.2 Å². The highest BCUT2D eigenvalue weighted by Crippen LogP contribution is 2.34. The molecule has 1 aromatic carbocycles. The van der Waals surface area contributed by atoms with Gasteiger partial charge in [-0.1, -0.05) is 12.1 Å². The van der Waals surface area contributed by atoms with E-state index in [0.29, 0.717) is 13.1 Å². The second kappa shape index (κ2) is 6.87. The first-order chi connectivity index (χ1) is 11.2. The van der Waals surface area contributed by atoms with Crippen LogP contribution in [0.3, 0.4) is 0 Å². The number of carbonyl (C=O) groups is 1. The summed E-state index contributed by atoms with van der Waals surface area (Å²) in [6, 6.07) is 10.7. The number of rotatable bonds is 3. The average molecular weight is 331 g/mol. The van der Waals surface area contributed by atoms with Gasteiger partial charge in [0.15, 0.2) is 0 Å². The van der Waals surface area contributed by atoms with Gasteiger partial charge in [0.2, 0.25) is 0 Å². The fourth-order valence-corrected chi connectivity index (χ4v) is 3.72. The van der Waals surface area contributed by atoms with Crippen molar-refractivity contribution in [2.75, 3.05) is 26.0 Å². The summed E-state index contributed by atoms with van der Waals surface area (Å²) in [7, 11) is 1.64. The van der Waals surface area contributed by atoms with E-state index in [-0.39, 0.29) is 22.4 Å². The maximum absolute atomic E-state index is 12.5. The van der Waals surface area contributed by atoms with Crippen LogP contribution in [0, 0.1) is 0 Å². The van der Waals surface area contributed by atoms with Crippen LogP contribution in [0.4, 0.5) is 0 Å². The molecule has 0 radical (unpaired) electrons. The van der Waals surface area contributed by atoms with Gasteiger partial charge in [-0.2, -0.15) is 16.9 Å². The largest absolute Gasteiger partial charge is 0.497 e. The van der Waals surface area contributed by atoms with Crippen LogP contribution in [0.5, 0.6) is 5.75 Å². The lowest BCUT2D eigenvalue weighted by molar-refractivity contribution is 0.0754. The molecule has 0 spiro atoms. The molecule has 1 fully saturated rings. The molecule has 1 atom stereocenters. The third kappa shape index (κ3) is 3.56. The number of benzene rings is 1. The monoisotopic (exact) mass is 331 g/mol. The predicted molar refractivity (Wildman–Crippen MR) is 89.0 cm³/mol. The van der Waals surface area contributed by atoms with Crippen LogP contribution in [-0.2, 0) is 0 Å². The number of nitrogens with zero attached hydrogens (tertiary/aromatic N) is 2.